The Bertz CT molecular complexity index is 371. The first kappa shape index (κ1) is 16.4. The third-order valence-electron chi connectivity index (χ3n) is 3.71. The van der Waals surface area contributed by atoms with Crippen molar-refractivity contribution < 1.29 is 14.3 Å². The fraction of sp³-hybridized carbons (Fsp3) is 0.600. The second-order valence-corrected chi connectivity index (χ2v) is 11.1. The number of aliphatic hydroxyl groups excluding tert-OH is 1. The summed E-state index contributed by atoms with van der Waals surface area (Å²) in [5.41, 5.74) is 0.773. The molecule has 4 heteroatoms. The number of hydrogen-bond acceptors (Lipinski definition) is 3. The number of rotatable bonds is 6. The maximum absolute atomic E-state index is 9.84. The Kier molecular flexibility index (Phi) is 5.74. The van der Waals surface area contributed by atoms with Crippen LogP contribution in [0.4, 0.5) is 0 Å². The minimum Gasteiger partial charge on any atom is -0.414 e. The quantitative estimate of drug-likeness (QED) is 0.491. The molecule has 1 N–H and O–H groups in total. The minimum atomic E-state index is -1.72. The van der Waals surface area contributed by atoms with E-state index in [-0.39, 0.29) is 5.04 Å². The monoisotopic (exact) mass is 282 g/mol. The van der Waals surface area contributed by atoms with Gasteiger partial charge >= 0.3 is 0 Å². The molecular formula is C15H26O3Si. The predicted octanol–water partition coefficient (Wildman–Crippen LogP) is 3.72. The van der Waals surface area contributed by atoms with Gasteiger partial charge in [0.15, 0.2) is 14.6 Å². The summed E-state index contributed by atoms with van der Waals surface area (Å²) in [5.74, 6) is 0. The van der Waals surface area contributed by atoms with Crippen molar-refractivity contribution in [2.24, 2.45) is 0 Å². The van der Waals surface area contributed by atoms with E-state index >= 15 is 0 Å². The average molecular weight is 282 g/mol. The van der Waals surface area contributed by atoms with Crippen LogP contribution in [0.25, 0.3) is 0 Å². The molecule has 1 unspecified atom stereocenters. The summed E-state index contributed by atoms with van der Waals surface area (Å²) in [6.45, 7) is 12.0. The summed E-state index contributed by atoms with van der Waals surface area (Å²) in [4.78, 5) is 0. The lowest BCUT2D eigenvalue weighted by atomic mass is 10.2. The molecule has 19 heavy (non-hydrogen) atoms. The van der Waals surface area contributed by atoms with Crippen LogP contribution in [0.5, 0.6) is 0 Å². The van der Waals surface area contributed by atoms with Crippen LogP contribution >= 0.6 is 0 Å². The van der Waals surface area contributed by atoms with Crippen molar-refractivity contribution in [3.63, 3.8) is 0 Å². The van der Waals surface area contributed by atoms with Crippen LogP contribution in [0.2, 0.25) is 18.1 Å². The van der Waals surface area contributed by atoms with Crippen LogP contribution in [0.3, 0.4) is 0 Å². The highest BCUT2D eigenvalue weighted by Gasteiger charge is 2.36. The Morgan fingerprint density at radius 3 is 2.21 bits per heavy atom. The van der Waals surface area contributed by atoms with Crippen molar-refractivity contribution in [1.29, 1.82) is 0 Å². The molecule has 0 saturated carbocycles. The zero-order chi connectivity index (χ0) is 14.5. The second kappa shape index (κ2) is 6.66. The topological polar surface area (TPSA) is 38.7 Å². The Morgan fingerprint density at radius 1 is 1.11 bits per heavy atom. The molecule has 0 radical (unpaired) electrons. The summed E-state index contributed by atoms with van der Waals surface area (Å²) in [7, 11) is -1.72. The molecule has 0 aliphatic rings. The van der Waals surface area contributed by atoms with Crippen molar-refractivity contribution in [2.75, 3.05) is 13.2 Å². The smallest absolute Gasteiger partial charge is 0.192 e. The zero-order valence-electron chi connectivity index (χ0n) is 12.6. The standard InChI is InChI=1S/C15H26O3Si/c1-15(2,3)19(4,5)18-12-11-17-14(16)13-9-7-6-8-10-13/h6-10,14,16H,11-12H2,1-5H3. The molecule has 3 nitrogen and oxygen atoms in total. The molecule has 0 aliphatic carbocycles. The number of benzene rings is 1. The van der Waals surface area contributed by atoms with E-state index in [1.54, 1.807) is 0 Å². The van der Waals surface area contributed by atoms with E-state index in [1.807, 2.05) is 30.3 Å². The predicted molar refractivity (Wildman–Crippen MR) is 80.5 cm³/mol. The number of aliphatic hydroxyl groups is 1. The molecule has 0 bridgehead atoms. The van der Waals surface area contributed by atoms with E-state index in [0.717, 1.165) is 5.56 Å². The first-order chi connectivity index (χ1) is 8.74. The highest BCUT2D eigenvalue weighted by molar-refractivity contribution is 6.74. The molecule has 1 atom stereocenters. The highest BCUT2D eigenvalue weighted by atomic mass is 28.4. The molecule has 0 heterocycles. The first-order valence-electron chi connectivity index (χ1n) is 6.72. The van der Waals surface area contributed by atoms with Gasteiger partial charge in [-0.1, -0.05) is 51.1 Å². The van der Waals surface area contributed by atoms with Crippen LogP contribution in [-0.2, 0) is 9.16 Å². The molecule has 0 aliphatic heterocycles. The van der Waals surface area contributed by atoms with E-state index in [2.05, 4.69) is 33.9 Å². The maximum atomic E-state index is 9.84. The molecule has 0 amide bonds. The first-order valence-corrected chi connectivity index (χ1v) is 9.63. The third kappa shape index (κ3) is 5.07. The van der Waals surface area contributed by atoms with Crippen LogP contribution < -0.4 is 0 Å². The molecule has 1 aromatic rings. The Morgan fingerprint density at radius 2 is 1.68 bits per heavy atom. The lowest BCUT2D eigenvalue weighted by Gasteiger charge is -2.36. The Labute approximate surface area is 117 Å². The molecule has 0 saturated heterocycles. The molecule has 0 fully saturated rings. The van der Waals surface area contributed by atoms with Crippen molar-refractivity contribution in [1.82, 2.24) is 0 Å². The van der Waals surface area contributed by atoms with Crippen LogP contribution in [-0.4, -0.2) is 26.6 Å². The molecular weight excluding hydrogens is 256 g/mol. The van der Waals surface area contributed by atoms with Crippen LogP contribution in [0, 0.1) is 0 Å². The fourth-order valence-corrected chi connectivity index (χ4v) is 2.41. The van der Waals surface area contributed by atoms with E-state index in [1.165, 1.54) is 0 Å². The van der Waals surface area contributed by atoms with Gasteiger partial charge < -0.3 is 14.3 Å². The maximum Gasteiger partial charge on any atom is 0.192 e. The van der Waals surface area contributed by atoms with Crippen LogP contribution in [0.15, 0.2) is 30.3 Å². The van der Waals surface area contributed by atoms with Gasteiger partial charge in [0.25, 0.3) is 0 Å². The van der Waals surface area contributed by atoms with Gasteiger partial charge in [0.05, 0.1) is 13.2 Å². The third-order valence-corrected chi connectivity index (χ3v) is 8.25. The van der Waals surface area contributed by atoms with Crippen molar-refractivity contribution in [3.05, 3.63) is 35.9 Å². The molecule has 0 spiro atoms. The normalized spacial score (nSPS) is 14.4. The van der Waals surface area contributed by atoms with Gasteiger partial charge in [-0.05, 0) is 18.1 Å². The molecule has 108 valence electrons. The van der Waals surface area contributed by atoms with Gasteiger partial charge in [-0.15, -0.1) is 0 Å². The SMILES string of the molecule is CC(C)(C)[Si](C)(C)OCCOC(O)c1ccccc1. The number of hydrogen-bond donors (Lipinski definition) is 1. The number of ether oxygens (including phenoxy) is 1. The van der Waals surface area contributed by atoms with Gasteiger partial charge in [-0.2, -0.15) is 0 Å². The van der Waals surface area contributed by atoms with E-state index < -0.39 is 14.6 Å². The Hall–Kier alpha value is -0.683. The van der Waals surface area contributed by atoms with Crippen molar-refractivity contribution >= 4 is 8.32 Å². The summed E-state index contributed by atoms with van der Waals surface area (Å²) >= 11 is 0. The van der Waals surface area contributed by atoms with Gasteiger partial charge in [0, 0.05) is 5.56 Å². The lowest BCUT2D eigenvalue weighted by molar-refractivity contribution is -0.109. The summed E-state index contributed by atoms with van der Waals surface area (Å²) in [6, 6.07) is 9.37. The summed E-state index contributed by atoms with van der Waals surface area (Å²) in [5, 5.41) is 10.0. The van der Waals surface area contributed by atoms with E-state index in [9.17, 15) is 5.11 Å². The minimum absolute atomic E-state index is 0.199. The largest absolute Gasteiger partial charge is 0.414 e. The highest BCUT2D eigenvalue weighted by Crippen LogP contribution is 2.36. The average Bonchev–Trinajstić information content (AvgIpc) is 2.34. The molecule has 0 aromatic heterocycles. The zero-order valence-corrected chi connectivity index (χ0v) is 13.6. The van der Waals surface area contributed by atoms with E-state index in [0.29, 0.717) is 13.2 Å². The van der Waals surface area contributed by atoms with Gasteiger partial charge in [0.2, 0.25) is 0 Å². The summed E-state index contributed by atoms with van der Waals surface area (Å²) < 4.78 is 11.4. The van der Waals surface area contributed by atoms with E-state index in [4.69, 9.17) is 9.16 Å². The molecule has 1 aromatic carbocycles. The fourth-order valence-electron chi connectivity index (χ4n) is 1.39. The van der Waals surface area contributed by atoms with Crippen LogP contribution in [0.1, 0.15) is 32.6 Å². The van der Waals surface area contributed by atoms with Gasteiger partial charge in [-0.25, -0.2) is 0 Å². The summed E-state index contributed by atoms with van der Waals surface area (Å²) in [6.07, 6.45) is -0.871. The van der Waals surface area contributed by atoms with Gasteiger partial charge in [0.1, 0.15) is 0 Å². The Balaban J connectivity index is 2.32. The van der Waals surface area contributed by atoms with Crippen molar-refractivity contribution in [2.45, 2.75) is 45.2 Å². The van der Waals surface area contributed by atoms with Crippen molar-refractivity contribution in [3.8, 4) is 0 Å². The second-order valence-electron chi connectivity index (χ2n) is 6.24. The molecule has 1 rings (SSSR count). The van der Waals surface area contributed by atoms with Gasteiger partial charge in [-0.3, -0.25) is 0 Å². The lowest BCUT2D eigenvalue weighted by Crippen LogP contribution is -2.41.